The Hall–Kier alpha value is -1.75. The molecule has 0 aromatic heterocycles. The number of methoxy groups -OCH3 is 1. The lowest BCUT2D eigenvalue weighted by molar-refractivity contribution is 0.242. The molecule has 1 atom stereocenters. The zero-order valence-electron chi connectivity index (χ0n) is 17.4. The average Bonchev–Trinajstić information content (AvgIpc) is 3.36. The van der Waals surface area contributed by atoms with E-state index in [1.807, 2.05) is 19.2 Å². The van der Waals surface area contributed by atoms with Gasteiger partial charge in [0.05, 0.1) is 7.11 Å². The molecule has 2 aliphatic rings. The summed E-state index contributed by atoms with van der Waals surface area (Å²) in [5, 5.41) is 7.18. The van der Waals surface area contributed by atoms with Crippen LogP contribution in [0.25, 0.3) is 0 Å². The summed E-state index contributed by atoms with van der Waals surface area (Å²) in [6, 6.07) is 9.67. The van der Waals surface area contributed by atoms with E-state index < -0.39 is 0 Å². The standard InChI is InChI=1S/C22H36N4O/c1-22(2,17-9-11-20(27-4)12-10-17)16-24-21(23-3)25-18-13-14-26(15-18)19-7-5-6-8-19/h9-12,18-19H,5-8,13-16H2,1-4H3,(H2,23,24,25). The zero-order chi connectivity index (χ0) is 19.3. The van der Waals surface area contributed by atoms with Gasteiger partial charge in [-0.1, -0.05) is 38.8 Å². The fourth-order valence-electron chi connectivity index (χ4n) is 4.34. The van der Waals surface area contributed by atoms with Crippen molar-refractivity contribution in [3.63, 3.8) is 0 Å². The molecule has 1 aromatic rings. The molecule has 1 saturated carbocycles. The molecule has 0 amide bonds. The molecule has 2 N–H and O–H groups in total. The summed E-state index contributed by atoms with van der Waals surface area (Å²) in [5.74, 6) is 1.81. The van der Waals surface area contributed by atoms with E-state index in [9.17, 15) is 0 Å². The fourth-order valence-corrected chi connectivity index (χ4v) is 4.34. The third-order valence-corrected chi connectivity index (χ3v) is 6.19. The van der Waals surface area contributed by atoms with E-state index >= 15 is 0 Å². The highest BCUT2D eigenvalue weighted by molar-refractivity contribution is 5.80. The number of nitrogens with zero attached hydrogens (tertiary/aromatic N) is 2. The molecule has 3 rings (SSSR count). The Kier molecular flexibility index (Phi) is 6.64. The summed E-state index contributed by atoms with van der Waals surface area (Å²) in [4.78, 5) is 7.13. The van der Waals surface area contributed by atoms with Gasteiger partial charge in [0.15, 0.2) is 5.96 Å². The minimum atomic E-state index is 0.00938. The molecule has 5 nitrogen and oxygen atoms in total. The Bertz CT molecular complexity index is 620. The normalized spacial score (nSPS) is 22.2. The van der Waals surface area contributed by atoms with E-state index in [0.29, 0.717) is 6.04 Å². The zero-order valence-corrected chi connectivity index (χ0v) is 17.4. The number of hydrogen-bond acceptors (Lipinski definition) is 3. The summed E-state index contributed by atoms with van der Waals surface area (Å²) in [7, 11) is 3.56. The van der Waals surface area contributed by atoms with Crippen molar-refractivity contribution in [1.29, 1.82) is 0 Å². The minimum Gasteiger partial charge on any atom is -0.497 e. The highest BCUT2D eigenvalue weighted by atomic mass is 16.5. The maximum Gasteiger partial charge on any atom is 0.191 e. The van der Waals surface area contributed by atoms with Gasteiger partial charge in [0.25, 0.3) is 0 Å². The average molecular weight is 373 g/mol. The van der Waals surface area contributed by atoms with Crippen molar-refractivity contribution in [3.8, 4) is 5.75 Å². The Morgan fingerprint density at radius 2 is 1.89 bits per heavy atom. The molecule has 0 bridgehead atoms. The van der Waals surface area contributed by atoms with E-state index in [1.54, 1.807) is 7.11 Å². The molecular weight excluding hydrogens is 336 g/mol. The smallest absolute Gasteiger partial charge is 0.191 e. The van der Waals surface area contributed by atoms with Gasteiger partial charge >= 0.3 is 0 Å². The molecule has 1 aliphatic heterocycles. The molecule has 0 radical (unpaired) electrons. The van der Waals surface area contributed by atoms with Gasteiger partial charge in [-0.05, 0) is 37.0 Å². The second kappa shape index (κ2) is 8.96. The topological polar surface area (TPSA) is 48.9 Å². The van der Waals surface area contributed by atoms with Crippen LogP contribution in [0.2, 0.25) is 0 Å². The van der Waals surface area contributed by atoms with Gasteiger partial charge in [-0.15, -0.1) is 0 Å². The van der Waals surface area contributed by atoms with Crippen LogP contribution in [0.15, 0.2) is 29.3 Å². The Balaban J connectivity index is 1.49. The highest BCUT2D eigenvalue weighted by Crippen LogP contribution is 2.27. The van der Waals surface area contributed by atoms with Crippen LogP contribution in [0.1, 0.15) is 51.5 Å². The van der Waals surface area contributed by atoms with Gasteiger partial charge in [-0.2, -0.15) is 0 Å². The van der Waals surface area contributed by atoms with Crippen molar-refractivity contribution in [2.45, 2.75) is 63.5 Å². The van der Waals surface area contributed by atoms with Gasteiger partial charge in [-0.25, -0.2) is 0 Å². The van der Waals surface area contributed by atoms with E-state index in [1.165, 1.54) is 44.2 Å². The number of hydrogen-bond donors (Lipinski definition) is 2. The molecule has 1 aliphatic carbocycles. The quantitative estimate of drug-likeness (QED) is 0.595. The predicted molar refractivity (Wildman–Crippen MR) is 113 cm³/mol. The van der Waals surface area contributed by atoms with E-state index in [-0.39, 0.29) is 5.41 Å². The number of benzene rings is 1. The Labute approximate surface area is 164 Å². The summed E-state index contributed by atoms with van der Waals surface area (Å²) >= 11 is 0. The first-order chi connectivity index (χ1) is 13.0. The SMILES string of the molecule is CN=C(NCC(C)(C)c1ccc(OC)cc1)NC1CCN(C2CCCC2)C1. The largest absolute Gasteiger partial charge is 0.497 e. The lowest BCUT2D eigenvalue weighted by atomic mass is 9.84. The molecule has 1 heterocycles. The molecule has 0 spiro atoms. The number of nitrogens with one attached hydrogen (secondary N) is 2. The van der Waals surface area contributed by atoms with Crippen molar-refractivity contribution in [2.24, 2.45) is 4.99 Å². The Morgan fingerprint density at radius 1 is 1.19 bits per heavy atom. The number of rotatable bonds is 6. The monoisotopic (exact) mass is 372 g/mol. The molecular formula is C22H36N4O. The van der Waals surface area contributed by atoms with Gasteiger partial charge in [0.2, 0.25) is 0 Å². The van der Waals surface area contributed by atoms with Gasteiger partial charge < -0.3 is 15.4 Å². The van der Waals surface area contributed by atoms with Crippen LogP contribution in [-0.4, -0.2) is 56.7 Å². The summed E-state index contributed by atoms with van der Waals surface area (Å²) < 4.78 is 5.27. The first kappa shape index (κ1) is 20.0. The Morgan fingerprint density at radius 3 is 2.52 bits per heavy atom. The molecule has 1 unspecified atom stereocenters. The minimum absolute atomic E-state index is 0.00938. The summed E-state index contributed by atoms with van der Waals surface area (Å²) in [6.45, 7) is 7.71. The lowest BCUT2D eigenvalue weighted by Gasteiger charge is -2.28. The number of likely N-dealkylation sites (tertiary alicyclic amines) is 1. The number of ether oxygens (including phenoxy) is 1. The van der Waals surface area contributed by atoms with Crippen LogP contribution in [0.3, 0.4) is 0 Å². The third kappa shape index (κ3) is 5.16. The van der Waals surface area contributed by atoms with Gasteiger partial charge in [0.1, 0.15) is 5.75 Å². The molecule has 2 fully saturated rings. The summed E-state index contributed by atoms with van der Waals surface area (Å²) in [5.41, 5.74) is 1.30. The van der Waals surface area contributed by atoms with Crippen LogP contribution in [-0.2, 0) is 5.41 Å². The van der Waals surface area contributed by atoms with Crippen molar-refractivity contribution >= 4 is 5.96 Å². The first-order valence-electron chi connectivity index (χ1n) is 10.4. The van der Waals surface area contributed by atoms with Crippen molar-refractivity contribution in [1.82, 2.24) is 15.5 Å². The highest BCUT2D eigenvalue weighted by Gasteiger charge is 2.30. The second-order valence-corrected chi connectivity index (χ2v) is 8.60. The van der Waals surface area contributed by atoms with Crippen LogP contribution in [0.4, 0.5) is 0 Å². The predicted octanol–water partition coefficient (Wildman–Crippen LogP) is 3.15. The number of aliphatic imine (C=N–C) groups is 1. The van der Waals surface area contributed by atoms with Crippen LogP contribution in [0, 0.1) is 0 Å². The lowest BCUT2D eigenvalue weighted by Crippen LogP contribution is -2.48. The third-order valence-electron chi connectivity index (χ3n) is 6.19. The van der Waals surface area contributed by atoms with Gasteiger partial charge in [0, 0.05) is 44.2 Å². The van der Waals surface area contributed by atoms with E-state index in [2.05, 4.69) is 46.5 Å². The van der Waals surface area contributed by atoms with Crippen molar-refractivity contribution in [3.05, 3.63) is 29.8 Å². The second-order valence-electron chi connectivity index (χ2n) is 8.60. The summed E-state index contributed by atoms with van der Waals surface area (Å²) in [6.07, 6.45) is 6.79. The van der Waals surface area contributed by atoms with Crippen molar-refractivity contribution in [2.75, 3.05) is 33.8 Å². The van der Waals surface area contributed by atoms with Crippen molar-refractivity contribution < 1.29 is 4.74 Å². The first-order valence-corrected chi connectivity index (χ1v) is 10.4. The van der Waals surface area contributed by atoms with Crippen LogP contribution < -0.4 is 15.4 Å². The molecule has 5 heteroatoms. The maximum absolute atomic E-state index is 5.27. The number of guanidine groups is 1. The molecule has 27 heavy (non-hydrogen) atoms. The fraction of sp³-hybridized carbons (Fsp3) is 0.682. The van der Waals surface area contributed by atoms with Crippen LogP contribution >= 0.6 is 0 Å². The van der Waals surface area contributed by atoms with Crippen LogP contribution in [0.5, 0.6) is 5.75 Å². The molecule has 1 saturated heterocycles. The molecule has 150 valence electrons. The van der Waals surface area contributed by atoms with E-state index in [4.69, 9.17) is 4.74 Å². The maximum atomic E-state index is 5.27. The van der Waals surface area contributed by atoms with E-state index in [0.717, 1.165) is 30.8 Å². The van der Waals surface area contributed by atoms with Gasteiger partial charge in [-0.3, -0.25) is 9.89 Å². The molecule has 1 aromatic carbocycles.